The predicted octanol–water partition coefficient (Wildman–Crippen LogP) is 3.49. The predicted molar refractivity (Wildman–Crippen MR) is 92.1 cm³/mol. The SMILES string of the molecule is O=C(c1cncc(NCc2ccco2)c1)N1CCc2ccccc21. The maximum Gasteiger partial charge on any atom is 0.259 e. The zero-order chi connectivity index (χ0) is 16.4. The number of anilines is 2. The maximum absolute atomic E-state index is 12.8. The molecule has 2 aromatic heterocycles. The summed E-state index contributed by atoms with van der Waals surface area (Å²) in [4.78, 5) is 18.8. The molecule has 120 valence electrons. The van der Waals surface area contributed by atoms with Gasteiger partial charge in [0, 0.05) is 24.6 Å². The zero-order valence-electron chi connectivity index (χ0n) is 13.1. The van der Waals surface area contributed by atoms with Gasteiger partial charge in [-0.15, -0.1) is 0 Å². The average molecular weight is 319 g/mol. The molecule has 0 bridgehead atoms. The van der Waals surface area contributed by atoms with E-state index in [2.05, 4.69) is 16.4 Å². The molecule has 0 fully saturated rings. The van der Waals surface area contributed by atoms with Crippen LogP contribution >= 0.6 is 0 Å². The molecule has 5 heteroatoms. The van der Waals surface area contributed by atoms with Crippen molar-refractivity contribution in [1.82, 2.24) is 4.98 Å². The monoisotopic (exact) mass is 319 g/mol. The third kappa shape index (κ3) is 2.76. The Morgan fingerprint density at radius 2 is 2.12 bits per heavy atom. The fraction of sp³-hybridized carbons (Fsp3) is 0.158. The number of rotatable bonds is 4. The average Bonchev–Trinajstić information content (AvgIpc) is 3.29. The summed E-state index contributed by atoms with van der Waals surface area (Å²) in [6, 6.07) is 13.6. The molecular formula is C19H17N3O2. The second kappa shape index (κ2) is 6.20. The zero-order valence-corrected chi connectivity index (χ0v) is 13.1. The summed E-state index contributed by atoms with van der Waals surface area (Å²) in [6.45, 7) is 1.26. The van der Waals surface area contributed by atoms with Crippen molar-refractivity contribution in [3.8, 4) is 0 Å². The van der Waals surface area contributed by atoms with E-state index in [0.717, 1.165) is 23.6 Å². The van der Waals surface area contributed by atoms with Gasteiger partial charge in [-0.05, 0) is 36.2 Å². The lowest BCUT2D eigenvalue weighted by Gasteiger charge is -2.17. The lowest BCUT2D eigenvalue weighted by molar-refractivity contribution is 0.0989. The van der Waals surface area contributed by atoms with Gasteiger partial charge in [0.1, 0.15) is 5.76 Å². The summed E-state index contributed by atoms with van der Waals surface area (Å²) in [6.07, 6.45) is 5.85. The number of furan rings is 1. The molecular weight excluding hydrogens is 302 g/mol. The topological polar surface area (TPSA) is 58.4 Å². The second-order valence-electron chi connectivity index (χ2n) is 5.73. The highest BCUT2D eigenvalue weighted by atomic mass is 16.3. The summed E-state index contributed by atoms with van der Waals surface area (Å²) >= 11 is 0. The first-order chi connectivity index (χ1) is 11.8. The van der Waals surface area contributed by atoms with Crippen LogP contribution in [-0.2, 0) is 13.0 Å². The number of fused-ring (bicyclic) bond motifs is 1. The van der Waals surface area contributed by atoms with Crippen molar-refractivity contribution in [1.29, 1.82) is 0 Å². The number of nitrogens with one attached hydrogen (secondary N) is 1. The fourth-order valence-electron chi connectivity index (χ4n) is 2.96. The number of hydrogen-bond donors (Lipinski definition) is 1. The number of carbonyl (C=O) groups excluding carboxylic acids is 1. The Kier molecular flexibility index (Phi) is 3.75. The second-order valence-corrected chi connectivity index (χ2v) is 5.73. The van der Waals surface area contributed by atoms with Crippen LogP contribution in [0.1, 0.15) is 21.7 Å². The van der Waals surface area contributed by atoms with E-state index in [1.807, 2.05) is 41.3 Å². The standard InChI is InChI=1S/C19H17N3O2/c23-19(22-8-7-14-4-1-2-6-18(14)22)15-10-16(12-20-11-15)21-13-17-5-3-9-24-17/h1-6,9-12,21H,7-8,13H2. The molecule has 3 heterocycles. The normalized spacial score (nSPS) is 12.9. The van der Waals surface area contributed by atoms with E-state index >= 15 is 0 Å². The van der Waals surface area contributed by atoms with Crippen LogP contribution in [0, 0.1) is 0 Å². The first-order valence-corrected chi connectivity index (χ1v) is 7.92. The largest absolute Gasteiger partial charge is 0.467 e. The highest BCUT2D eigenvalue weighted by Gasteiger charge is 2.25. The number of para-hydroxylation sites is 1. The quantitative estimate of drug-likeness (QED) is 0.800. The Labute approximate surface area is 139 Å². The highest BCUT2D eigenvalue weighted by molar-refractivity contribution is 6.07. The van der Waals surface area contributed by atoms with Crippen LogP contribution in [0.4, 0.5) is 11.4 Å². The Balaban J connectivity index is 1.52. The van der Waals surface area contributed by atoms with Gasteiger partial charge in [-0.3, -0.25) is 9.78 Å². The minimum atomic E-state index is -0.0194. The molecule has 4 rings (SSSR count). The Morgan fingerprint density at radius 3 is 3.00 bits per heavy atom. The minimum Gasteiger partial charge on any atom is -0.467 e. The molecule has 0 atom stereocenters. The highest BCUT2D eigenvalue weighted by Crippen LogP contribution is 2.29. The summed E-state index contributed by atoms with van der Waals surface area (Å²) in [5.74, 6) is 0.814. The summed E-state index contributed by atoms with van der Waals surface area (Å²) in [5.41, 5.74) is 3.59. The molecule has 0 aliphatic carbocycles. The van der Waals surface area contributed by atoms with Gasteiger partial charge >= 0.3 is 0 Å². The number of aromatic nitrogens is 1. The molecule has 24 heavy (non-hydrogen) atoms. The molecule has 3 aromatic rings. The molecule has 0 saturated carbocycles. The van der Waals surface area contributed by atoms with Crippen LogP contribution in [0.25, 0.3) is 0 Å². The van der Waals surface area contributed by atoms with Gasteiger partial charge in [-0.25, -0.2) is 0 Å². The number of amides is 1. The third-order valence-corrected chi connectivity index (χ3v) is 4.16. The van der Waals surface area contributed by atoms with Crippen LogP contribution in [-0.4, -0.2) is 17.4 Å². The lowest BCUT2D eigenvalue weighted by Crippen LogP contribution is -2.29. The van der Waals surface area contributed by atoms with E-state index in [1.54, 1.807) is 18.7 Å². The summed E-state index contributed by atoms with van der Waals surface area (Å²) in [7, 11) is 0. The smallest absolute Gasteiger partial charge is 0.259 e. The van der Waals surface area contributed by atoms with Crippen molar-refractivity contribution in [3.63, 3.8) is 0 Å². The first-order valence-electron chi connectivity index (χ1n) is 7.92. The Morgan fingerprint density at radius 1 is 1.21 bits per heavy atom. The first kappa shape index (κ1) is 14.5. The molecule has 1 amide bonds. The van der Waals surface area contributed by atoms with E-state index < -0.39 is 0 Å². The van der Waals surface area contributed by atoms with Gasteiger partial charge < -0.3 is 14.6 Å². The fourth-order valence-corrected chi connectivity index (χ4v) is 2.96. The number of hydrogen-bond acceptors (Lipinski definition) is 4. The minimum absolute atomic E-state index is 0.0194. The number of nitrogens with zero attached hydrogens (tertiary/aromatic N) is 2. The molecule has 1 aliphatic rings. The molecule has 0 radical (unpaired) electrons. The molecule has 0 spiro atoms. The number of pyridine rings is 1. The summed E-state index contributed by atoms with van der Waals surface area (Å²) in [5, 5.41) is 3.23. The van der Waals surface area contributed by atoms with Crippen molar-refractivity contribution in [3.05, 3.63) is 78.0 Å². The van der Waals surface area contributed by atoms with E-state index in [0.29, 0.717) is 18.7 Å². The van der Waals surface area contributed by atoms with E-state index in [1.165, 1.54) is 5.56 Å². The molecule has 1 N–H and O–H groups in total. The van der Waals surface area contributed by atoms with Gasteiger partial charge in [-0.2, -0.15) is 0 Å². The van der Waals surface area contributed by atoms with Crippen molar-refractivity contribution in [2.45, 2.75) is 13.0 Å². The molecule has 0 unspecified atom stereocenters. The lowest BCUT2D eigenvalue weighted by atomic mass is 10.2. The van der Waals surface area contributed by atoms with Gasteiger partial charge in [-0.1, -0.05) is 18.2 Å². The van der Waals surface area contributed by atoms with Crippen LogP contribution in [0.3, 0.4) is 0 Å². The number of benzene rings is 1. The Hall–Kier alpha value is -3.08. The molecule has 5 nitrogen and oxygen atoms in total. The third-order valence-electron chi connectivity index (χ3n) is 4.16. The van der Waals surface area contributed by atoms with Gasteiger partial charge in [0.25, 0.3) is 5.91 Å². The molecule has 0 saturated heterocycles. The van der Waals surface area contributed by atoms with Crippen LogP contribution < -0.4 is 10.2 Å². The van der Waals surface area contributed by atoms with E-state index in [-0.39, 0.29) is 5.91 Å². The van der Waals surface area contributed by atoms with Gasteiger partial charge in [0.05, 0.1) is 24.1 Å². The van der Waals surface area contributed by atoms with Crippen molar-refractivity contribution in [2.75, 3.05) is 16.8 Å². The van der Waals surface area contributed by atoms with E-state index in [9.17, 15) is 4.79 Å². The Bertz CT molecular complexity index is 859. The molecule has 1 aliphatic heterocycles. The number of carbonyl (C=O) groups is 1. The van der Waals surface area contributed by atoms with Gasteiger partial charge in [0.15, 0.2) is 0 Å². The van der Waals surface area contributed by atoms with Crippen LogP contribution in [0.2, 0.25) is 0 Å². The molecule has 1 aromatic carbocycles. The van der Waals surface area contributed by atoms with Crippen molar-refractivity contribution >= 4 is 17.3 Å². The van der Waals surface area contributed by atoms with Crippen molar-refractivity contribution in [2.24, 2.45) is 0 Å². The van der Waals surface area contributed by atoms with E-state index in [4.69, 9.17) is 4.42 Å². The van der Waals surface area contributed by atoms with Crippen molar-refractivity contribution < 1.29 is 9.21 Å². The van der Waals surface area contributed by atoms with Gasteiger partial charge in [0.2, 0.25) is 0 Å². The maximum atomic E-state index is 12.8. The summed E-state index contributed by atoms with van der Waals surface area (Å²) < 4.78 is 5.30. The van der Waals surface area contributed by atoms with Crippen LogP contribution in [0.15, 0.2) is 65.5 Å². The van der Waals surface area contributed by atoms with Crippen LogP contribution in [0.5, 0.6) is 0 Å².